The van der Waals surface area contributed by atoms with Crippen molar-refractivity contribution >= 4 is 0 Å². The molecule has 0 saturated carbocycles. The molecule has 0 amide bonds. The Kier molecular flexibility index (Phi) is 3.22. The van der Waals surface area contributed by atoms with Gasteiger partial charge in [-0.05, 0) is 0 Å². The summed E-state index contributed by atoms with van der Waals surface area (Å²) in [7, 11) is 0. The third kappa shape index (κ3) is 1.93. The molecule has 1 aromatic rings. The van der Waals surface area contributed by atoms with Gasteiger partial charge in [-0.1, -0.05) is 0 Å². The standard InChI is InChI=1S/C9H12N2O7/c12-2-4-5(14)6(15)8(18-4)11-1-3(13)7(16)10-9(11)17/h1,4-6,8,12-15H,2H2,(H,10,16,17)/t4-,5?,6?,8-/m1/s1. The predicted octanol–water partition coefficient (Wildman–Crippen LogP) is -3.15. The molecule has 1 aliphatic rings. The quantitative estimate of drug-likeness (QED) is 0.377. The van der Waals surface area contributed by atoms with Gasteiger partial charge in [0.25, 0.3) is 5.56 Å². The Morgan fingerprint density at radius 2 is 2.00 bits per heavy atom. The van der Waals surface area contributed by atoms with Crippen LogP contribution in [0.5, 0.6) is 5.75 Å². The van der Waals surface area contributed by atoms with Crippen LogP contribution in [0.25, 0.3) is 0 Å². The maximum absolute atomic E-state index is 11.5. The Morgan fingerprint density at radius 3 is 2.56 bits per heavy atom. The van der Waals surface area contributed by atoms with Crippen molar-refractivity contribution in [3.63, 3.8) is 0 Å². The molecule has 1 saturated heterocycles. The molecule has 0 bridgehead atoms. The lowest BCUT2D eigenvalue weighted by atomic mass is 10.1. The molecule has 0 spiro atoms. The van der Waals surface area contributed by atoms with E-state index in [-0.39, 0.29) is 0 Å². The van der Waals surface area contributed by atoms with Crippen molar-refractivity contribution in [3.05, 3.63) is 27.0 Å². The summed E-state index contributed by atoms with van der Waals surface area (Å²) < 4.78 is 5.81. The smallest absolute Gasteiger partial charge is 0.330 e. The molecule has 1 fully saturated rings. The molecule has 2 rings (SSSR count). The molecule has 0 radical (unpaired) electrons. The van der Waals surface area contributed by atoms with E-state index in [2.05, 4.69) is 0 Å². The molecular formula is C9H12N2O7. The third-order valence-corrected chi connectivity index (χ3v) is 2.74. The number of H-pyrrole nitrogens is 1. The second-order valence-corrected chi connectivity index (χ2v) is 3.91. The van der Waals surface area contributed by atoms with Crippen LogP contribution >= 0.6 is 0 Å². The number of hydrogen-bond donors (Lipinski definition) is 5. The van der Waals surface area contributed by atoms with Crippen molar-refractivity contribution in [2.45, 2.75) is 24.5 Å². The van der Waals surface area contributed by atoms with E-state index in [0.29, 0.717) is 0 Å². The average molecular weight is 260 g/mol. The highest BCUT2D eigenvalue weighted by atomic mass is 16.6. The number of aromatic hydroxyl groups is 1. The third-order valence-electron chi connectivity index (χ3n) is 2.74. The van der Waals surface area contributed by atoms with Gasteiger partial charge in [-0.2, -0.15) is 0 Å². The van der Waals surface area contributed by atoms with E-state index in [0.717, 1.165) is 10.8 Å². The summed E-state index contributed by atoms with van der Waals surface area (Å²) in [6.07, 6.45) is -4.40. The molecule has 2 heterocycles. The van der Waals surface area contributed by atoms with Crippen molar-refractivity contribution in [1.82, 2.24) is 9.55 Å². The lowest BCUT2D eigenvalue weighted by Crippen LogP contribution is -2.37. The van der Waals surface area contributed by atoms with E-state index in [1.54, 1.807) is 0 Å². The summed E-state index contributed by atoms with van der Waals surface area (Å²) in [6.45, 7) is -0.543. The SMILES string of the molecule is O=c1[nH]c(=O)n([C@@H]2O[C@H](CO)C(O)C2O)cc1O. The number of nitrogens with zero attached hydrogens (tertiary/aromatic N) is 1. The molecule has 9 nitrogen and oxygen atoms in total. The molecule has 2 unspecified atom stereocenters. The molecule has 0 aromatic carbocycles. The first-order chi connectivity index (χ1) is 8.45. The normalized spacial score (nSPS) is 31.7. The largest absolute Gasteiger partial charge is 0.502 e. The first kappa shape index (κ1) is 12.8. The number of rotatable bonds is 2. The highest BCUT2D eigenvalue weighted by Crippen LogP contribution is 2.28. The van der Waals surface area contributed by atoms with Crippen LogP contribution in [0.1, 0.15) is 6.23 Å². The fourth-order valence-electron chi connectivity index (χ4n) is 1.77. The number of aromatic amines is 1. The number of aromatic nitrogens is 2. The van der Waals surface area contributed by atoms with E-state index < -0.39 is 48.1 Å². The van der Waals surface area contributed by atoms with Crippen LogP contribution in [0.2, 0.25) is 0 Å². The minimum Gasteiger partial charge on any atom is -0.502 e. The lowest BCUT2D eigenvalue weighted by Gasteiger charge is -2.16. The molecular weight excluding hydrogens is 248 g/mol. The topological polar surface area (TPSA) is 145 Å². The number of aliphatic hydroxyl groups is 3. The van der Waals surface area contributed by atoms with Gasteiger partial charge in [-0.25, -0.2) is 4.79 Å². The first-order valence-corrected chi connectivity index (χ1v) is 5.12. The molecule has 4 atom stereocenters. The average Bonchev–Trinajstić information content (AvgIpc) is 2.61. The van der Waals surface area contributed by atoms with Gasteiger partial charge in [-0.15, -0.1) is 0 Å². The fourth-order valence-corrected chi connectivity index (χ4v) is 1.77. The van der Waals surface area contributed by atoms with Crippen LogP contribution in [0, 0.1) is 0 Å². The van der Waals surface area contributed by atoms with E-state index in [1.807, 2.05) is 4.98 Å². The second-order valence-electron chi connectivity index (χ2n) is 3.91. The van der Waals surface area contributed by atoms with Crippen LogP contribution in [0.4, 0.5) is 0 Å². The monoisotopic (exact) mass is 260 g/mol. The van der Waals surface area contributed by atoms with Gasteiger partial charge in [0.1, 0.15) is 18.3 Å². The summed E-state index contributed by atoms with van der Waals surface area (Å²) in [6, 6.07) is 0. The number of ether oxygens (including phenoxy) is 1. The zero-order valence-corrected chi connectivity index (χ0v) is 9.05. The van der Waals surface area contributed by atoms with Gasteiger partial charge < -0.3 is 25.2 Å². The Morgan fingerprint density at radius 1 is 1.33 bits per heavy atom. The van der Waals surface area contributed by atoms with Gasteiger partial charge in [0.2, 0.25) is 0 Å². The number of nitrogens with one attached hydrogen (secondary N) is 1. The Bertz CT molecular complexity index is 551. The first-order valence-electron chi connectivity index (χ1n) is 5.12. The van der Waals surface area contributed by atoms with Gasteiger partial charge >= 0.3 is 5.69 Å². The zero-order valence-electron chi connectivity index (χ0n) is 9.05. The number of aliphatic hydroxyl groups excluding tert-OH is 3. The molecule has 1 aliphatic heterocycles. The molecule has 18 heavy (non-hydrogen) atoms. The zero-order chi connectivity index (χ0) is 13.4. The fraction of sp³-hybridized carbons (Fsp3) is 0.556. The Balaban J connectivity index is 2.42. The van der Waals surface area contributed by atoms with Crippen LogP contribution in [0.3, 0.4) is 0 Å². The van der Waals surface area contributed by atoms with Crippen molar-refractivity contribution in [2.24, 2.45) is 0 Å². The lowest BCUT2D eigenvalue weighted by molar-refractivity contribution is -0.0552. The summed E-state index contributed by atoms with van der Waals surface area (Å²) in [4.78, 5) is 24.3. The Labute approximate surface area is 99.5 Å². The van der Waals surface area contributed by atoms with Gasteiger partial charge in [-0.3, -0.25) is 14.3 Å². The summed E-state index contributed by atoms with van der Waals surface area (Å²) in [5.74, 6) is -0.729. The van der Waals surface area contributed by atoms with E-state index >= 15 is 0 Å². The molecule has 5 N–H and O–H groups in total. The van der Waals surface area contributed by atoms with Crippen molar-refractivity contribution in [1.29, 1.82) is 0 Å². The maximum Gasteiger partial charge on any atom is 0.330 e. The van der Waals surface area contributed by atoms with Crippen LogP contribution in [-0.4, -0.2) is 54.9 Å². The summed E-state index contributed by atoms with van der Waals surface area (Å²) in [5, 5.41) is 37.3. The second kappa shape index (κ2) is 4.53. The maximum atomic E-state index is 11.5. The van der Waals surface area contributed by atoms with Crippen LogP contribution < -0.4 is 11.2 Å². The summed E-state index contributed by atoms with van der Waals surface area (Å²) in [5.41, 5.74) is -1.88. The molecule has 1 aromatic heterocycles. The van der Waals surface area contributed by atoms with Crippen molar-refractivity contribution in [2.75, 3.05) is 6.61 Å². The highest BCUT2D eigenvalue weighted by molar-refractivity contribution is 5.10. The van der Waals surface area contributed by atoms with E-state index in [4.69, 9.17) is 9.84 Å². The van der Waals surface area contributed by atoms with E-state index in [1.165, 1.54) is 0 Å². The van der Waals surface area contributed by atoms with Gasteiger partial charge in [0.15, 0.2) is 12.0 Å². The minimum absolute atomic E-state index is 0.543. The van der Waals surface area contributed by atoms with Gasteiger partial charge in [0.05, 0.1) is 12.8 Å². The van der Waals surface area contributed by atoms with Crippen molar-refractivity contribution in [3.8, 4) is 5.75 Å². The Hall–Kier alpha value is -1.68. The molecule has 100 valence electrons. The highest BCUT2D eigenvalue weighted by Gasteiger charge is 2.43. The summed E-state index contributed by atoms with van der Waals surface area (Å²) >= 11 is 0. The van der Waals surface area contributed by atoms with E-state index in [9.17, 15) is 24.9 Å². The molecule has 0 aliphatic carbocycles. The van der Waals surface area contributed by atoms with Crippen LogP contribution in [0.15, 0.2) is 15.8 Å². The van der Waals surface area contributed by atoms with Crippen LogP contribution in [-0.2, 0) is 4.74 Å². The van der Waals surface area contributed by atoms with Gasteiger partial charge in [0, 0.05) is 0 Å². The molecule has 9 heteroatoms. The number of hydrogen-bond acceptors (Lipinski definition) is 7. The van der Waals surface area contributed by atoms with Crippen molar-refractivity contribution < 1.29 is 25.2 Å². The minimum atomic E-state index is -1.47. The predicted molar refractivity (Wildman–Crippen MR) is 56.0 cm³/mol.